The van der Waals surface area contributed by atoms with Gasteiger partial charge in [0.2, 0.25) is 0 Å². The van der Waals surface area contributed by atoms with Crippen molar-refractivity contribution < 1.29 is 9.84 Å². The van der Waals surface area contributed by atoms with Crippen molar-refractivity contribution in [3.8, 4) is 0 Å². The lowest BCUT2D eigenvalue weighted by molar-refractivity contribution is -0.0110. The number of rotatable bonds is 5. The normalized spacial score (nSPS) is 30.9. The molecule has 1 aliphatic heterocycles. The van der Waals surface area contributed by atoms with E-state index in [1.807, 2.05) is 0 Å². The molecule has 1 saturated heterocycles. The fraction of sp³-hybridized carbons (Fsp3) is 1.00. The first-order chi connectivity index (χ1) is 9.16. The summed E-state index contributed by atoms with van der Waals surface area (Å²) in [5.41, 5.74) is 0. The van der Waals surface area contributed by atoms with Crippen LogP contribution in [-0.4, -0.2) is 72.5 Å². The average Bonchev–Trinajstić information content (AvgIpc) is 2.40. The van der Waals surface area contributed by atoms with Gasteiger partial charge in [-0.15, -0.1) is 0 Å². The van der Waals surface area contributed by atoms with Gasteiger partial charge in [-0.1, -0.05) is 12.8 Å². The Morgan fingerprint density at radius 3 is 2.42 bits per heavy atom. The Balaban J connectivity index is 1.67. The molecule has 2 atom stereocenters. The third kappa shape index (κ3) is 4.71. The third-order valence-electron chi connectivity index (χ3n) is 4.43. The summed E-state index contributed by atoms with van der Waals surface area (Å²) in [6, 6.07) is 0.419. The Labute approximate surface area is 117 Å². The maximum Gasteiger partial charge on any atom is 0.0695 e. The number of hydrogen-bond acceptors (Lipinski definition) is 4. The van der Waals surface area contributed by atoms with Gasteiger partial charge in [-0.2, -0.15) is 0 Å². The molecule has 4 nitrogen and oxygen atoms in total. The highest BCUT2D eigenvalue weighted by Gasteiger charge is 2.30. The molecular weight excluding hydrogens is 240 g/mol. The van der Waals surface area contributed by atoms with Crippen LogP contribution in [0.3, 0.4) is 0 Å². The summed E-state index contributed by atoms with van der Waals surface area (Å²) < 4.78 is 5.61. The zero-order chi connectivity index (χ0) is 13.7. The summed E-state index contributed by atoms with van der Waals surface area (Å²) in [5.74, 6) is 0. The molecule has 1 aliphatic carbocycles. The molecule has 0 aromatic heterocycles. The van der Waals surface area contributed by atoms with E-state index in [9.17, 15) is 5.11 Å². The number of ether oxygens (including phenoxy) is 1. The van der Waals surface area contributed by atoms with E-state index in [4.69, 9.17) is 4.74 Å². The molecule has 1 N–H and O–H groups in total. The van der Waals surface area contributed by atoms with E-state index in [0.717, 1.165) is 45.8 Å². The molecule has 2 rings (SSSR count). The first-order valence-electron chi connectivity index (χ1n) is 7.93. The second-order valence-electron chi connectivity index (χ2n) is 6.22. The number of piperazine rings is 1. The van der Waals surface area contributed by atoms with Gasteiger partial charge in [-0.05, 0) is 26.7 Å². The van der Waals surface area contributed by atoms with Crippen LogP contribution in [0.5, 0.6) is 0 Å². The van der Waals surface area contributed by atoms with E-state index in [1.165, 1.54) is 19.3 Å². The molecule has 2 aliphatic rings. The molecule has 112 valence electrons. The molecule has 0 aromatic carbocycles. The van der Waals surface area contributed by atoms with Gasteiger partial charge in [0.05, 0.1) is 18.8 Å². The zero-order valence-corrected chi connectivity index (χ0v) is 12.6. The van der Waals surface area contributed by atoms with Crippen molar-refractivity contribution in [1.82, 2.24) is 9.80 Å². The van der Waals surface area contributed by atoms with Crippen LogP contribution in [-0.2, 0) is 4.74 Å². The van der Waals surface area contributed by atoms with Crippen LogP contribution < -0.4 is 0 Å². The maximum absolute atomic E-state index is 10.1. The van der Waals surface area contributed by atoms with Crippen molar-refractivity contribution in [2.45, 2.75) is 57.8 Å². The van der Waals surface area contributed by atoms with E-state index >= 15 is 0 Å². The van der Waals surface area contributed by atoms with Gasteiger partial charge in [-0.25, -0.2) is 0 Å². The van der Waals surface area contributed by atoms with Crippen LogP contribution >= 0.6 is 0 Å². The largest absolute Gasteiger partial charge is 0.391 e. The zero-order valence-electron chi connectivity index (χ0n) is 12.6. The second-order valence-corrected chi connectivity index (χ2v) is 6.22. The molecule has 2 unspecified atom stereocenters. The maximum atomic E-state index is 10.1. The summed E-state index contributed by atoms with van der Waals surface area (Å²) in [6.45, 7) is 10.5. The Bertz CT molecular complexity index is 253. The van der Waals surface area contributed by atoms with E-state index < -0.39 is 0 Å². The highest BCUT2D eigenvalue weighted by Crippen LogP contribution is 2.24. The molecule has 0 bridgehead atoms. The van der Waals surface area contributed by atoms with Crippen LogP contribution in [0.4, 0.5) is 0 Å². The van der Waals surface area contributed by atoms with Crippen molar-refractivity contribution in [2.75, 3.05) is 39.3 Å². The molecule has 19 heavy (non-hydrogen) atoms. The van der Waals surface area contributed by atoms with Crippen LogP contribution in [0.1, 0.15) is 39.5 Å². The lowest BCUT2D eigenvalue weighted by atomic mass is 9.91. The standard InChI is InChI=1S/C15H30N2O2/c1-13(2)19-12-11-16-7-9-17(10-8-16)14-5-3-4-6-15(14)18/h13-15,18H,3-12H2,1-2H3. The van der Waals surface area contributed by atoms with Crippen LogP contribution in [0.15, 0.2) is 0 Å². The quantitative estimate of drug-likeness (QED) is 0.818. The summed E-state index contributed by atoms with van der Waals surface area (Å²) in [7, 11) is 0. The van der Waals surface area contributed by atoms with Gasteiger partial charge >= 0.3 is 0 Å². The summed E-state index contributed by atoms with van der Waals surface area (Å²) >= 11 is 0. The lowest BCUT2D eigenvalue weighted by Crippen LogP contribution is -2.54. The Hall–Kier alpha value is -0.160. The number of hydrogen-bond donors (Lipinski definition) is 1. The monoisotopic (exact) mass is 270 g/mol. The van der Waals surface area contributed by atoms with Crippen LogP contribution in [0, 0.1) is 0 Å². The van der Waals surface area contributed by atoms with Gasteiger partial charge < -0.3 is 9.84 Å². The van der Waals surface area contributed by atoms with Gasteiger partial charge in [0.15, 0.2) is 0 Å². The molecular formula is C15H30N2O2. The smallest absolute Gasteiger partial charge is 0.0695 e. The van der Waals surface area contributed by atoms with Gasteiger partial charge in [0, 0.05) is 38.8 Å². The number of aliphatic hydroxyl groups excluding tert-OH is 1. The predicted octanol–water partition coefficient (Wildman–Crippen LogP) is 1.33. The molecule has 4 heteroatoms. The molecule has 2 fully saturated rings. The fourth-order valence-electron chi connectivity index (χ4n) is 3.25. The third-order valence-corrected chi connectivity index (χ3v) is 4.43. The summed E-state index contributed by atoms with van der Waals surface area (Å²) in [4.78, 5) is 4.98. The Morgan fingerprint density at radius 2 is 1.79 bits per heavy atom. The molecule has 0 amide bonds. The van der Waals surface area contributed by atoms with Crippen molar-refractivity contribution in [3.63, 3.8) is 0 Å². The summed E-state index contributed by atoms with van der Waals surface area (Å²) in [6.07, 6.45) is 4.89. The SMILES string of the molecule is CC(C)OCCN1CCN(C2CCCCC2O)CC1. The van der Waals surface area contributed by atoms with Gasteiger partial charge in [0.25, 0.3) is 0 Å². The minimum atomic E-state index is -0.0930. The van der Waals surface area contributed by atoms with E-state index in [-0.39, 0.29) is 6.10 Å². The van der Waals surface area contributed by atoms with E-state index in [0.29, 0.717) is 12.1 Å². The van der Waals surface area contributed by atoms with Crippen molar-refractivity contribution in [3.05, 3.63) is 0 Å². The van der Waals surface area contributed by atoms with Crippen molar-refractivity contribution in [2.24, 2.45) is 0 Å². The average molecular weight is 270 g/mol. The molecule has 0 spiro atoms. The van der Waals surface area contributed by atoms with Crippen molar-refractivity contribution >= 4 is 0 Å². The number of nitrogens with zero attached hydrogens (tertiary/aromatic N) is 2. The van der Waals surface area contributed by atoms with Gasteiger partial charge in [0.1, 0.15) is 0 Å². The van der Waals surface area contributed by atoms with Gasteiger partial charge in [-0.3, -0.25) is 9.80 Å². The minimum absolute atomic E-state index is 0.0930. The molecule has 1 heterocycles. The first kappa shape index (κ1) is 15.2. The van der Waals surface area contributed by atoms with E-state index in [1.54, 1.807) is 0 Å². The fourth-order valence-corrected chi connectivity index (χ4v) is 3.25. The highest BCUT2D eigenvalue weighted by molar-refractivity contribution is 4.86. The minimum Gasteiger partial charge on any atom is -0.391 e. The Morgan fingerprint density at radius 1 is 1.11 bits per heavy atom. The molecule has 1 saturated carbocycles. The predicted molar refractivity (Wildman–Crippen MR) is 77.4 cm³/mol. The Kier molecular flexibility index (Phi) is 6.07. The lowest BCUT2D eigenvalue weighted by Gasteiger charge is -2.42. The van der Waals surface area contributed by atoms with Crippen LogP contribution in [0.25, 0.3) is 0 Å². The topological polar surface area (TPSA) is 35.9 Å². The second kappa shape index (κ2) is 7.58. The van der Waals surface area contributed by atoms with Crippen LogP contribution in [0.2, 0.25) is 0 Å². The molecule has 0 radical (unpaired) electrons. The highest BCUT2D eigenvalue weighted by atomic mass is 16.5. The molecule has 0 aromatic rings. The van der Waals surface area contributed by atoms with Crippen molar-refractivity contribution in [1.29, 1.82) is 0 Å². The first-order valence-corrected chi connectivity index (χ1v) is 7.93. The number of aliphatic hydroxyl groups is 1. The van der Waals surface area contributed by atoms with E-state index in [2.05, 4.69) is 23.6 Å². The summed E-state index contributed by atoms with van der Waals surface area (Å²) in [5, 5.41) is 10.1.